The van der Waals surface area contributed by atoms with E-state index in [0.29, 0.717) is 0 Å². The predicted octanol–water partition coefficient (Wildman–Crippen LogP) is 3.81. The molecular weight excluding hydrogens is 335 g/mol. The van der Waals surface area contributed by atoms with E-state index in [9.17, 15) is 18.0 Å². The number of anilines is 1. The van der Waals surface area contributed by atoms with Gasteiger partial charge in [0, 0.05) is 5.41 Å². The van der Waals surface area contributed by atoms with Gasteiger partial charge in [-0.1, -0.05) is 32.9 Å². The molecule has 0 saturated heterocycles. The van der Waals surface area contributed by atoms with Crippen molar-refractivity contribution in [2.75, 3.05) is 11.9 Å². The van der Waals surface area contributed by atoms with E-state index >= 15 is 0 Å². The number of benzene rings is 1. The van der Waals surface area contributed by atoms with Crippen molar-refractivity contribution in [2.45, 2.75) is 32.4 Å². The van der Waals surface area contributed by atoms with E-state index in [4.69, 9.17) is 4.74 Å². The molecule has 0 radical (unpaired) electrons. The number of hydrogen-bond donors (Lipinski definition) is 1. The zero-order chi connectivity index (χ0) is 18.7. The van der Waals surface area contributed by atoms with E-state index in [1.54, 1.807) is 12.1 Å². The number of carbonyl (C=O) groups excluding carboxylic acids is 1. The van der Waals surface area contributed by atoms with Crippen molar-refractivity contribution in [2.24, 2.45) is 0 Å². The quantitative estimate of drug-likeness (QED) is 0.908. The molecule has 1 aromatic heterocycles. The average molecular weight is 353 g/mol. The van der Waals surface area contributed by atoms with E-state index in [2.05, 4.69) is 15.5 Å². The molecule has 0 fully saturated rings. The molecule has 25 heavy (non-hydrogen) atoms. The number of ether oxygens (including phenoxy) is 1. The molecule has 0 aliphatic heterocycles. The number of rotatable bonds is 4. The summed E-state index contributed by atoms with van der Waals surface area (Å²) in [7, 11) is 0. The van der Waals surface area contributed by atoms with Gasteiger partial charge in [0.1, 0.15) is 5.75 Å². The Morgan fingerprint density at radius 2 is 1.76 bits per heavy atom. The molecule has 0 saturated carbocycles. The molecule has 0 aliphatic carbocycles. The number of amides is 1. The van der Waals surface area contributed by atoms with Crippen LogP contribution in [0.4, 0.5) is 19.0 Å². The summed E-state index contributed by atoms with van der Waals surface area (Å²) < 4.78 is 43.6. The maximum atomic E-state index is 12.9. The van der Waals surface area contributed by atoms with E-state index < -0.39 is 30.0 Å². The highest BCUT2D eigenvalue weighted by atomic mass is 19.4. The Hall–Kier alpha value is -2.64. The van der Waals surface area contributed by atoms with Gasteiger partial charge in [-0.2, -0.15) is 18.3 Å². The molecule has 0 aliphatic rings. The fraction of sp³-hybridized carbons (Fsp3) is 0.353. The van der Waals surface area contributed by atoms with Gasteiger partial charge in [-0.05, 0) is 24.3 Å². The molecule has 2 rings (SSSR count). The van der Waals surface area contributed by atoms with Gasteiger partial charge < -0.3 is 10.1 Å². The second-order valence-corrected chi connectivity index (χ2v) is 6.38. The lowest BCUT2D eigenvalue weighted by molar-refractivity contribution is -0.139. The Labute approximate surface area is 143 Å². The van der Waals surface area contributed by atoms with E-state index in [1.807, 2.05) is 20.8 Å². The molecule has 2 aromatic rings. The summed E-state index contributed by atoms with van der Waals surface area (Å²) in [5, 5.41) is 10.3. The highest BCUT2D eigenvalue weighted by Gasteiger charge is 2.34. The van der Waals surface area contributed by atoms with Crippen LogP contribution in [0.2, 0.25) is 0 Å². The number of hydrogen-bond acceptors (Lipinski definition) is 4. The normalized spacial score (nSPS) is 11.9. The highest BCUT2D eigenvalue weighted by Crippen LogP contribution is 2.35. The van der Waals surface area contributed by atoms with Crippen molar-refractivity contribution < 1.29 is 22.7 Å². The second-order valence-electron chi connectivity index (χ2n) is 6.38. The zero-order valence-electron chi connectivity index (χ0n) is 14.0. The summed E-state index contributed by atoms with van der Waals surface area (Å²) in [6.07, 6.45) is -4.55. The van der Waals surface area contributed by atoms with Gasteiger partial charge in [0.15, 0.2) is 12.4 Å². The van der Waals surface area contributed by atoms with Crippen LogP contribution < -0.4 is 10.1 Å². The van der Waals surface area contributed by atoms with Crippen LogP contribution in [0.1, 0.15) is 32.0 Å². The Balaban J connectivity index is 1.98. The number of para-hydroxylation sites is 1. The third kappa shape index (κ3) is 5.17. The maximum absolute atomic E-state index is 12.9. The minimum Gasteiger partial charge on any atom is -0.483 e. The molecular formula is C17H18F3N3O2. The van der Waals surface area contributed by atoms with Crippen molar-refractivity contribution in [3.8, 4) is 5.75 Å². The zero-order valence-corrected chi connectivity index (χ0v) is 14.0. The Morgan fingerprint density at radius 1 is 1.08 bits per heavy atom. The van der Waals surface area contributed by atoms with Gasteiger partial charge in [0.2, 0.25) is 0 Å². The number of aromatic nitrogens is 2. The minimum absolute atomic E-state index is 0.181. The Morgan fingerprint density at radius 3 is 2.32 bits per heavy atom. The first kappa shape index (κ1) is 18.7. The fourth-order valence-electron chi connectivity index (χ4n) is 1.95. The lowest BCUT2D eigenvalue weighted by Crippen LogP contribution is -2.22. The first-order valence-corrected chi connectivity index (χ1v) is 7.50. The molecule has 0 spiro atoms. The van der Waals surface area contributed by atoms with Crippen LogP contribution in [0, 0.1) is 0 Å². The molecule has 1 heterocycles. The van der Waals surface area contributed by atoms with Crippen LogP contribution >= 0.6 is 0 Å². The summed E-state index contributed by atoms with van der Waals surface area (Å²) in [5.74, 6) is -0.834. The third-order valence-corrected chi connectivity index (χ3v) is 3.25. The molecule has 134 valence electrons. The van der Waals surface area contributed by atoms with Crippen molar-refractivity contribution in [1.82, 2.24) is 10.2 Å². The Kier molecular flexibility index (Phi) is 5.30. The number of nitrogens with one attached hydrogen (secondary N) is 1. The van der Waals surface area contributed by atoms with E-state index in [0.717, 1.165) is 17.8 Å². The van der Waals surface area contributed by atoms with Crippen LogP contribution in [-0.2, 0) is 16.4 Å². The van der Waals surface area contributed by atoms with Crippen LogP contribution in [0.25, 0.3) is 0 Å². The van der Waals surface area contributed by atoms with Gasteiger partial charge in [-0.25, -0.2) is 0 Å². The van der Waals surface area contributed by atoms with Crippen molar-refractivity contribution in [3.63, 3.8) is 0 Å². The summed E-state index contributed by atoms with van der Waals surface area (Å²) in [4.78, 5) is 11.8. The monoisotopic (exact) mass is 353 g/mol. The molecule has 5 nitrogen and oxygen atoms in total. The molecule has 1 N–H and O–H groups in total. The molecule has 1 aromatic carbocycles. The van der Waals surface area contributed by atoms with Crippen LogP contribution in [0.3, 0.4) is 0 Å². The summed E-state index contributed by atoms with van der Waals surface area (Å²) in [5.41, 5.74) is -0.363. The highest BCUT2D eigenvalue weighted by molar-refractivity contribution is 5.90. The predicted molar refractivity (Wildman–Crippen MR) is 86.3 cm³/mol. The van der Waals surface area contributed by atoms with Gasteiger partial charge in [-0.15, -0.1) is 5.10 Å². The minimum atomic E-state index is -4.55. The first-order chi connectivity index (χ1) is 11.6. The van der Waals surface area contributed by atoms with Crippen molar-refractivity contribution >= 4 is 11.7 Å². The van der Waals surface area contributed by atoms with Gasteiger partial charge in [0.05, 0.1) is 11.3 Å². The maximum Gasteiger partial charge on any atom is 0.419 e. The van der Waals surface area contributed by atoms with E-state index in [-0.39, 0.29) is 11.2 Å². The Bertz CT molecular complexity index is 738. The summed E-state index contributed by atoms with van der Waals surface area (Å²) in [6.45, 7) is 5.35. The van der Waals surface area contributed by atoms with Crippen LogP contribution in [-0.4, -0.2) is 22.7 Å². The number of alkyl halides is 3. The number of halogens is 3. The smallest absolute Gasteiger partial charge is 0.419 e. The molecule has 0 atom stereocenters. The lowest BCUT2D eigenvalue weighted by Gasteiger charge is -2.16. The van der Waals surface area contributed by atoms with Gasteiger partial charge in [0.25, 0.3) is 5.91 Å². The summed E-state index contributed by atoms with van der Waals surface area (Å²) in [6, 6.07) is 8.01. The molecule has 0 bridgehead atoms. The molecule has 8 heteroatoms. The SMILES string of the molecule is CC(C)(C)c1ccc(NC(=O)COc2ccccc2C(F)(F)F)nn1. The number of nitrogens with zero attached hydrogens (tertiary/aromatic N) is 2. The third-order valence-electron chi connectivity index (χ3n) is 3.25. The van der Waals surface area contributed by atoms with Crippen LogP contribution in [0.5, 0.6) is 5.75 Å². The standard InChI is InChI=1S/C17H18F3N3O2/c1-16(2,3)13-8-9-14(23-22-13)21-15(24)10-25-12-7-5-4-6-11(12)17(18,19)20/h4-9H,10H2,1-3H3,(H,21,23,24). The lowest BCUT2D eigenvalue weighted by atomic mass is 9.92. The first-order valence-electron chi connectivity index (χ1n) is 7.50. The molecule has 0 unspecified atom stereocenters. The largest absolute Gasteiger partial charge is 0.483 e. The van der Waals surface area contributed by atoms with E-state index in [1.165, 1.54) is 12.1 Å². The summed E-state index contributed by atoms with van der Waals surface area (Å²) >= 11 is 0. The van der Waals surface area contributed by atoms with Gasteiger partial charge >= 0.3 is 6.18 Å². The van der Waals surface area contributed by atoms with Crippen LogP contribution in [0.15, 0.2) is 36.4 Å². The molecule has 1 amide bonds. The van der Waals surface area contributed by atoms with Gasteiger partial charge in [-0.3, -0.25) is 4.79 Å². The average Bonchev–Trinajstić information content (AvgIpc) is 2.52. The second kappa shape index (κ2) is 7.08. The number of carbonyl (C=O) groups is 1. The van der Waals surface area contributed by atoms with Crippen molar-refractivity contribution in [1.29, 1.82) is 0 Å². The van der Waals surface area contributed by atoms with Crippen molar-refractivity contribution in [3.05, 3.63) is 47.7 Å². The topological polar surface area (TPSA) is 64.1 Å². The fourth-order valence-corrected chi connectivity index (χ4v) is 1.95.